The zero-order valence-corrected chi connectivity index (χ0v) is 14.8. The van der Waals surface area contributed by atoms with Crippen molar-refractivity contribution in [3.63, 3.8) is 0 Å². The van der Waals surface area contributed by atoms with Crippen molar-refractivity contribution in [1.29, 1.82) is 0 Å². The van der Waals surface area contributed by atoms with Gasteiger partial charge in [0.25, 0.3) is 0 Å². The Morgan fingerprint density at radius 3 is 2.69 bits per heavy atom. The van der Waals surface area contributed by atoms with Gasteiger partial charge in [0.1, 0.15) is 5.69 Å². The van der Waals surface area contributed by atoms with E-state index in [4.69, 9.17) is 0 Å². The van der Waals surface area contributed by atoms with Crippen LogP contribution in [0.2, 0.25) is 0 Å². The first-order chi connectivity index (χ1) is 12.8. The molecule has 0 radical (unpaired) electrons. The molecule has 0 spiro atoms. The highest BCUT2D eigenvalue weighted by atomic mass is 15.4. The number of hydrogen-bond acceptors (Lipinski definition) is 3. The molecule has 1 heterocycles. The Balaban J connectivity index is 1.50. The fraction of sp³-hybridized carbons (Fsp3) is 0.182. The van der Waals surface area contributed by atoms with Crippen LogP contribution in [0.25, 0.3) is 11.3 Å². The fourth-order valence-corrected chi connectivity index (χ4v) is 3.14. The molecular formula is C22H22N4. The average molecular weight is 342 g/mol. The van der Waals surface area contributed by atoms with E-state index in [1.807, 2.05) is 29.1 Å². The van der Waals surface area contributed by atoms with Gasteiger partial charge in [-0.25, -0.2) is 4.68 Å². The molecule has 1 N–H and O–H groups in total. The third-order valence-corrected chi connectivity index (χ3v) is 4.63. The summed E-state index contributed by atoms with van der Waals surface area (Å²) in [6.45, 7) is 2.94. The lowest BCUT2D eigenvalue weighted by Gasteiger charge is -2.23. The van der Waals surface area contributed by atoms with Crippen molar-refractivity contribution in [3.8, 4) is 11.3 Å². The second kappa shape index (κ2) is 7.40. The minimum atomic E-state index is 0.309. The molecule has 2 atom stereocenters. The van der Waals surface area contributed by atoms with Crippen LogP contribution in [0.3, 0.4) is 0 Å². The quantitative estimate of drug-likeness (QED) is 0.740. The van der Waals surface area contributed by atoms with Crippen molar-refractivity contribution in [3.05, 3.63) is 90.7 Å². The molecule has 1 aromatic heterocycles. The van der Waals surface area contributed by atoms with Gasteiger partial charge in [-0.15, -0.1) is 5.10 Å². The van der Waals surface area contributed by atoms with Gasteiger partial charge in [0, 0.05) is 11.3 Å². The number of anilines is 1. The Hall–Kier alpha value is -3.14. The molecule has 0 saturated heterocycles. The van der Waals surface area contributed by atoms with Crippen LogP contribution in [0.5, 0.6) is 0 Å². The van der Waals surface area contributed by atoms with E-state index in [-0.39, 0.29) is 0 Å². The summed E-state index contributed by atoms with van der Waals surface area (Å²) in [4.78, 5) is 0. The van der Waals surface area contributed by atoms with E-state index in [1.165, 1.54) is 5.56 Å². The zero-order valence-electron chi connectivity index (χ0n) is 14.8. The topological polar surface area (TPSA) is 42.7 Å². The van der Waals surface area contributed by atoms with Crippen molar-refractivity contribution < 1.29 is 0 Å². The number of nitrogens with zero attached hydrogens (tertiary/aromatic N) is 3. The van der Waals surface area contributed by atoms with Gasteiger partial charge in [0.15, 0.2) is 0 Å². The Morgan fingerprint density at radius 1 is 1.00 bits per heavy atom. The van der Waals surface area contributed by atoms with Crippen LogP contribution in [0.15, 0.2) is 85.1 Å². The van der Waals surface area contributed by atoms with E-state index in [9.17, 15) is 0 Å². The van der Waals surface area contributed by atoms with Crippen LogP contribution in [-0.2, 0) is 6.54 Å². The lowest BCUT2D eigenvalue weighted by atomic mass is 9.97. The Bertz CT molecular complexity index is 924. The maximum absolute atomic E-state index is 4.35. The molecule has 26 heavy (non-hydrogen) atoms. The van der Waals surface area contributed by atoms with Crippen LogP contribution >= 0.6 is 0 Å². The molecule has 0 aliphatic heterocycles. The van der Waals surface area contributed by atoms with Gasteiger partial charge in [0.2, 0.25) is 0 Å². The first-order valence-corrected chi connectivity index (χ1v) is 8.94. The molecule has 1 aliphatic carbocycles. The predicted octanol–water partition coefficient (Wildman–Crippen LogP) is 4.54. The molecule has 0 amide bonds. The van der Waals surface area contributed by atoms with Gasteiger partial charge in [-0.2, -0.15) is 0 Å². The third-order valence-electron chi connectivity index (χ3n) is 4.63. The summed E-state index contributed by atoms with van der Waals surface area (Å²) in [6, 6.07) is 19.0. The van der Waals surface area contributed by atoms with Crippen LogP contribution in [0.4, 0.5) is 5.69 Å². The number of allylic oxidation sites excluding steroid dienone is 2. The van der Waals surface area contributed by atoms with Crippen molar-refractivity contribution >= 4 is 5.69 Å². The largest absolute Gasteiger partial charge is 0.378 e. The lowest BCUT2D eigenvalue weighted by Crippen LogP contribution is -2.25. The number of benzene rings is 2. The van der Waals surface area contributed by atoms with Gasteiger partial charge in [-0.1, -0.05) is 78.9 Å². The minimum absolute atomic E-state index is 0.309. The monoisotopic (exact) mass is 342 g/mol. The number of aromatic nitrogens is 3. The van der Waals surface area contributed by atoms with E-state index in [0.29, 0.717) is 12.0 Å². The Labute approximate surface area is 153 Å². The molecule has 4 nitrogen and oxygen atoms in total. The van der Waals surface area contributed by atoms with Crippen molar-refractivity contribution in [1.82, 2.24) is 15.0 Å². The second-order valence-electron chi connectivity index (χ2n) is 6.67. The molecule has 1 aliphatic rings. The molecule has 4 heteroatoms. The van der Waals surface area contributed by atoms with Crippen molar-refractivity contribution in [2.24, 2.45) is 5.92 Å². The van der Waals surface area contributed by atoms with Gasteiger partial charge >= 0.3 is 0 Å². The van der Waals surface area contributed by atoms with Crippen LogP contribution in [-0.4, -0.2) is 21.0 Å². The number of hydrogen-bond donors (Lipinski definition) is 1. The van der Waals surface area contributed by atoms with E-state index in [0.717, 1.165) is 23.5 Å². The summed E-state index contributed by atoms with van der Waals surface area (Å²) < 4.78 is 1.88. The molecule has 0 saturated carbocycles. The van der Waals surface area contributed by atoms with Crippen molar-refractivity contribution in [2.45, 2.75) is 19.5 Å². The molecule has 3 aromatic rings. The summed E-state index contributed by atoms with van der Waals surface area (Å²) in [5, 5.41) is 12.2. The summed E-state index contributed by atoms with van der Waals surface area (Å²) in [7, 11) is 0. The summed E-state index contributed by atoms with van der Waals surface area (Å²) in [5.41, 5.74) is 4.26. The van der Waals surface area contributed by atoms with E-state index in [1.54, 1.807) is 0 Å². The fourth-order valence-electron chi connectivity index (χ4n) is 3.14. The second-order valence-corrected chi connectivity index (χ2v) is 6.67. The molecule has 2 unspecified atom stereocenters. The Kier molecular flexibility index (Phi) is 4.65. The van der Waals surface area contributed by atoms with Crippen LogP contribution < -0.4 is 5.32 Å². The van der Waals surface area contributed by atoms with E-state index >= 15 is 0 Å². The third kappa shape index (κ3) is 3.75. The maximum Gasteiger partial charge on any atom is 0.113 e. The Morgan fingerprint density at radius 2 is 1.85 bits per heavy atom. The molecule has 0 fully saturated rings. The number of rotatable bonds is 5. The predicted molar refractivity (Wildman–Crippen MR) is 106 cm³/mol. The summed E-state index contributed by atoms with van der Waals surface area (Å²) >= 11 is 0. The SMILES string of the molecule is CC1C=CC=CC1Nc1cccc(-c2cn(Cc3ccccc3)nn2)c1. The van der Waals surface area contributed by atoms with E-state index in [2.05, 4.69) is 83.3 Å². The highest BCUT2D eigenvalue weighted by Gasteiger charge is 2.14. The highest BCUT2D eigenvalue weighted by molar-refractivity contribution is 5.64. The smallest absolute Gasteiger partial charge is 0.113 e. The normalized spacial score (nSPS) is 18.8. The van der Waals surface area contributed by atoms with Gasteiger partial charge in [-0.05, 0) is 23.6 Å². The van der Waals surface area contributed by atoms with Crippen molar-refractivity contribution in [2.75, 3.05) is 5.32 Å². The molecular weight excluding hydrogens is 320 g/mol. The minimum Gasteiger partial charge on any atom is -0.378 e. The molecule has 130 valence electrons. The maximum atomic E-state index is 4.35. The zero-order chi connectivity index (χ0) is 17.8. The first kappa shape index (κ1) is 16.3. The molecule has 2 aromatic carbocycles. The van der Waals surface area contributed by atoms with Crippen LogP contribution in [0.1, 0.15) is 12.5 Å². The van der Waals surface area contributed by atoms with Gasteiger partial charge < -0.3 is 5.32 Å². The lowest BCUT2D eigenvalue weighted by molar-refractivity contribution is 0.650. The molecule has 0 bridgehead atoms. The summed E-state index contributed by atoms with van der Waals surface area (Å²) in [5.74, 6) is 0.468. The molecule has 4 rings (SSSR count). The average Bonchev–Trinajstić information content (AvgIpc) is 3.13. The van der Waals surface area contributed by atoms with Gasteiger partial charge in [0.05, 0.1) is 18.8 Å². The van der Waals surface area contributed by atoms with Gasteiger partial charge in [-0.3, -0.25) is 0 Å². The van der Waals surface area contributed by atoms with Crippen LogP contribution in [0, 0.1) is 5.92 Å². The standard InChI is InChI=1S/C22H22N4/c1-17-8-5-6-13-21(17)23-20-12-7-11-19(14-20)22-16-26(25-24-22)15-18-9-3-2-4-10-18/h2-14,16-17,21,23H,15H2,1H3. The van der Waals surface area contributed by atoms with E-state index < -0.39 is 0 Å². The highest BCUT2D eigenvalue weighted by Crippen LogP contribution is 2.23. The number of nitrogens with one attached hydrogen (secondary N) is 1. The summed E-state index contributed by atoms with van der Waals surface area (Å²) in [6.07, 6.45) is 10.6. The first-order valence-electron chi connectivity index (χ1n) is 8.94.